The number of anilines is 2. The summed E-state index contributed by atoms with van der Waals surface area (Å²) in [5.41, 5.74) is -2.97. The monoisotopic (exact) mass is 520 g/mol. The first-order valence-corrected chi connectivity index (χ1v) is 9.94. The normalized spacial score (nSPS) is 12.1. The molecule has 2 aromatic rings. The Morgan fingerprint density at radius 3 is 1.47 bits per heavy atom. The molecule has 0 fully saturated rings. The van der Waals surface area contributed by atoms with Crippen LogP contribution in [0.15, 0.2) is 36.4 Å². The minimum atomic E-state index is -4.78. The molecule has 0 unspecified atom stereocenters. The highest BCUT2D eigenvalue weighted by Gasteiger charge is 2.35. The van der Waals surface area contributed by atoms with Crippen molar-refractivity contribution in [1.29, 1.82) is 0 Å². The fraction of sp³-hybridized carbons (Fsp3) is 0.263. The van der Waals surface area contributed by atoms with Gasteiger partial charge >= 0.3 is 12.4 Å². The molecule has 0 atom stereocenters. The summed E-state index contributed by atoms with van der Waals surface area (Å²) in [7, 11) is 0. The predicted molar refractivity (Wildman–Crippen MR) is 109 cm³/mol. The van der Waals surface area contributed by atoms with Crippen molar-refractivity contribution in [3.63, 3.8) is 0 Å². The Bertz CT molecular complexity index is 934. The molecule has 0 bridgehead atoms. The number of nitrogens with one attached hydrogen (secondary N) is 2. The van der Waals surface area contributed by atoms with E-state index in [9.17, 15) is 35.9 Å². The fourth-order valence-electron chi connectivity index (χ4n) is 2.59. The van der Waals surface area contributed by atoms with Crippen molar-refractivity contribution < 1.29 is 35.9 Å². The largest absolute Gasteiger partial charge is 0.417 e. The number of carbonyl (C=O) groups excluding carboxylic acids is 2. The van der Waals surface area contributed by atoms with Crippen molar-refractivity contribution in [2.24, 2.45) is 5.92 Å². The lowest BCUT2D eigenvalue weighted by atomic mass is 10.0. The van der Waals surface area contributed by atoms with Crippen LogP contribution in [0.1, 0.15) is 17.5 Å². The molecule has 0 aliphatic heterocycles. The van der Waals surface area contributed by atoms with Gasteiger partial charge in [0.15, 0.2) is 0 Å². The molecule has 2 amide bonds. The van der Waals surface area contributed by atoms with Gasteiger partial charge in [0.1, 0.15) is 5.92 Å². The molecule has 0 heterocycles. The summed E-state index contributed by atoms with van der Waals surface area (Å²) in [5.74, 6) is -3.72. The van der Waals surface area contributed by atoms with Crippen LogP contribution in [0.3, 0.4) is 0 Å². The number of benzene rings is 2. The lowest BCUT2D eigenvalue weighted by molar-refractivity contribution is -0.138. The summed E-state index contributed by atoms with van der Waals surface area (Å²) in [6.45, 7) is 0. The molecule has 4 nitrogen and oxygen atoms in total. The zero-order valence-electron chi connectivity index (χ0n) is 15.7. The van der Waals surface area contributed by atoms with Crippen molar-refractivity contribution in [3.05, 3.63) is 57.6 Å². The van der Waals surface area contributed by atoms with Gasteiger partial charge in [-0.2, -0.15) is 26.3 Å². The van der Waals surface area contributed by atoms with E-state index < -0.39 is 51.3 Å². The number of amides is 2. The van der Waals surface area contributed by atoms with E-state index in [1.807, 2.05) is 0 Å². The standard InChI is InChI=1S/C19H13Cl3F6N2O2/c20-6-5-11(16(31)29-9-1-3-14(21)12(7-9)18(23,24)25)17(32)30-10-2-4-15(22)13(8-10)19(26,27)28/h1-4,7-8,11H,5-6H2,(H,29,31)(H,30,32). The van der Waals surface area contributed by atoms with E-state index in [-0.39, 0.29) is 23.7 Å². The maximum Gasteiger partial charge on any atom is 0.417 e. The third kappa shape index (κ3) is 6.66. The topological polar surface area (TPSA) is 58.2 Å². The van der Waals surface area contributed by atoms with Crippen molar-refractivity contribution in [3.8, 4) is 0 Å². The van der Waals surface area contributed by atoms with E-state index in [0.29, 0.717) is 12.1 Å². The second-order valence-electron chi connectivity index (χ2n) is 6.39. The number of carbonyl (C=O) groups is 2. The van der Waals surface area contributed by atoms with Crippen LogP contribution in [0, 0.1) is 5.92 Å². The zero-order valence-corrected chi connectivity index (χ0v) is 17.9. The van der Waals surface area contributed by atoms with E-state index >= 15 is 0 Å². The number of halogens is 9. The van der Waals surface area contributed by atoms with Crippen molar-refractivity contribution in [1.82, 2.24) is 0 Å². The molecule has 32 heavy (non-hydrogen) atoms. The van der Waals surface area contributed by atoms with Crippen LogP contribution in [0.25, 0.3) is 0 Å². The summed E-state index contributed by atoms with van der Waals surface area (Å²) < 4.78 is 78.0. The van der Waals surface area contributed by atoms with Gasteiger partial charge in [0.2, 0.25) is 11.8 Å². The molecule has 0 radical (unpaired) electrons. The van der Waals surface area contributed by atoms with Crippen LogP contribution < -0.4 is 10.6 Å². The van der Waals surface area contributed by atoms with E-state index in [2.05, 4.69) is 10.6 Å². The molecule has 2 aromatic carbocycles. The highest BCUT2D eigenvalue weighted by Crippen LogP contribution is 2.37. The van der Waals surface area contributed by atoms with E-state index in [4.69, 9.17) is 34.8 Å². The summed E-state index contributed by atoms with van der Waals surface area (Å²) in [6, 6.07) is 5.21. The quantitative estimate of drug-likeness (QED) is 0.248. The average molecular weight is 522 g/mol. The van der Waals surface area contributed by atoms with Crippen LogP contribution in [-0.2, 0) is 21.9 Å². The molecule has 13 heteroatoms. The second kappa shape index (κ2) is 10.2. The van der Waals surface area contributed by atoms with Gasteiger partial charge in [-0.05, 0) is 42.8 Å². The lowest BCUT2D eigenvalue weighted by Crippen LogP contribution is -2.34. The van der Waals surface area contributed by atoms with Crippen LogP contribution in [0.5, 0.6) is 0 Å². The van der Waals surface area contributed by atoms with Crippen molar-refractivity contribution in [2.75, 3.05) is 16.5 Å². The Kier molecular flexibility index (Phi) is 8.30. The van der Waals surface area contributed by atoms with Gasteiger partial charge in [0, 0.05) is 17.3 Å². The van der Waals surface area contributed by atoms with Crippen LogP contribution in [-0.4, -0.2) is 17.7 Å². The van der Waals surface area contributed by atoms with Gasteiger partial charge in [-0.25, -0.2) is 0 Å². The van der Waals surface area contributed by atoms with E-state index in [1.54, 1.807) is 0 Å². The lowest BCUT2D eigenvalue weighted by Gasteiger charge is -2.18. The highest BCUT2D eigenvalue weighted by molar-refractivity contribution is 6.32. The van der Waals surface area contributed by atoms with Crippen molar-refractivity contribution >= 4 is 58.0 Å². The van der Waals surface area contributed by atoms with Crippen LogP contribution in [0.2, 0.25) is 10.0 Å². The van der Waals surface area contributed by atoms with Gasteiger partial charge in [-0.15, -0.1) is 11.6 Å². The molecule has 0 saturated heterocycles. The van der Waals surface area contributed by atoms with Gasteiger partial charge in [0.25, 0.3) is 0 Å². The van der Waals surface area contributed by atoms with Crippen LogP contribution >= 0.6 is 34.8 Å². The van der Waals surface area contributed by atoms with Crippen LogP contribution in [0.4, 0.5) is 37.7 Å². The fourth-order valence-corrected chi connectivity index (χ4v) is 3.26. The van der Waals surface area contributed by atoms with Gasteiger partial charge in [-0.3, -0.25) is 9.59 Å². The number of rotatable bonds is 6. The molecule has 0 aliphatic rings. The Labute approximate surface area is 192 Å². The first kappa shape index (κ1) is 26.1. The summed E-state index contributed by atoms with van der Waals surface area (Å²) in [6.07, 6.45) is -9.80. The molecule has 174 valence electrons. The summed E-state index contributed by atoms with van der Waals surface area (Å²) in [5, 5.41) is 3.14. The maximum atomic E-state index is 13.0. The Balaban J connectivity index is 2.23. The molecule has 2 rings (SSSR count). The molecule has 0 aliphatic carbocycles. The van der Waals surface area contributed by atoms with Gasteiger partial charge in [0.05, 0.1) is 21.2 Å². The molecule has 2 N–H and O–H groups in total. The molecular weight excluding hydrogens is 509 g/mol. The Morgan fingerprint density at radius 1 is 0.781 bits per heavy atom. The average Bonchev–Trinajstić information content (AvgIpc) is 2.67. The summed E-state index contributed by atoms with van der Waals surface area (Å²) in [4.78, 5) is 25.0. The second-order valence-corrected chi connectivity index (χ2v) is 7.59. The first-order chi connectivity index (χ1) is 14.7. The van der Waals surface area contributed by atoms with Gasteiger partial charge < -0.3 is 10.6 Å². The van der Waals surface area contributed by atoms with Gasteiger partial charge in [-0.1, -0.05) is 23.2 Å². The highest BCUT2D eigenvalue weighted by atomic mass is 35.5. The minimum absolute atomic E-state index is 0.186. The Hall–Kier alpha value is -2.17. The van der Waals surface area contributed by atoms with E-state index in [0.717, 1.165) is 24.3 Å². The predicted octanol–water partition coefficient (Wildman–Crippen LogP) is 6.85. The first-order valence-electron chi connectivity index (χ1n) is 8.65. The zero-order chi connectivity index (χ0) is 24.3. The third-order valence-electron chi connectivity index (χ3n) is 4.11. The third-order valence-corrected chi connectivity index (χ3v) is 4.99. The number of hydrogen-bond acceptors (Lipinski definition) is 2. The maximum absolute atomic E-state index is 13.0. The Morgan fingerprint density at radius 2 is 1.16 bits per heavy atom. The molecule has 0 saturated carbocycles. The number of alkyl halides is 7. The molecule has 0 aromatic heterocycles. The number of hydrogen-bond donors (Lipinski definition) is 2. The van der Waals surface area contributed by atoms with Crippen molar-refractivity contribution in [2.45, 2.75) is 18.8 Å². The van der Waals surface area contributed by atoms with E-state index in [1.165, 1.54) is 0 Å². The SMILES string of the molecule is O=C(Nc1ccc(Cl)c(C(F)(F)F)c1)C(CCCl)C(=O)Nc1ccc(Cl)c(C(F)(F)F)c1. The molecule has 0 spiro atoms. The minimum Gasteiger partial charge on any atom is -0.325 e. The molecular formula is C19H13Cl3F6N2O2. The smallest absolute Gasteiger partial charge is 0.325 e. The summed E-state index contributed by atoms with van der Waals surface area (Å²) >= 11 is 16.7.